The monoisotopic (exact) mass is 452 g/mol. The summed E-state index contributed by atoms with van der Waals surface area (Å²) < 4.78 is 14.3. The number of carbonyl (C=O) groups is 2. The molecule has 0 atom stereocenters. The number of urea groups is 2. The lowest BCUT2D eigenvalue weighted by molar-refractivity contribution is 0.251. The van der Waals surface area contributed by atoms with Gasteiger partial charge in [-0.25, -0.2) is 19.0 Å². The Bertz CT molecular complexity index is 1130. The fraction of sp³-hybridized carbons (Fsp3) is 0.182. The number of anilines is 6. The Hall–Kier alpha value is -4.41. The predicted molar refractivity (Wildman–Crippen MR) is 127 cm³/mol. The molecule has 0 saturated heterocycles. The van der Waals surface area contributed by atoms with E-state index in [2.05, 4.69) is 41.9 Å². The minimum atomic E-state index is -0.644. The Labute approximate surface area is 190 Å². The molecule has 11 heteroatoms. The molecule has 0 radical (unpaired) electrons. The smallest absolute Gasteiger partial charge is 0.319 e. The average molecular weight is 452 g/mol. The SMILES string of the molecule is CCNC(=O)Nc1cccc(Nc2ncc(F)c(Nc3cccc(NC(=O)NCC)c3)n2)c1. The third-order valence-electron chi connectivity index (χ3n) is 4.18. The van der Waals surface area contributed by atoms with Crippen molar-refractivity contribution in [1.29, 1.82) is 0 Å². The highest BCUT2D eigenvalue weighted by molar-refractivity contribution is 5.90. The van der Waals surface area contributed by atoms with E-state index in [-0.39, 0.29) is 23.8 Å². The van der Waals surface area contributed by atoms with Gasteiger partial charge in [-0.2, -0.15) is 4.98 Å². The summed E-state index contributed by atoms with van der Waals surface area (Å²) >= 11 is 0. The van der Waals surface area contributed by atoms with Gasteiger partial charge in [0, 0.05) is 35.8 Å². The molecule has 2 aromatic carbocycles. The third kappa shape index (κ3) is 7.06. The molecule has 172 valence electrons. The molecule has 3 aromatic rings. The number of benzene rings is 2. The second-order valence-corrected chi connectivity index (χ2v) is 6.77. The van der Waals surface area contributed by atoms with E-state index in [0.29, 0.717) is 35.8 Å². The Morgan fingerprint density at radius 2 is 1.33 bits per heavy atom. The van der Waals surface area contributed by atoms with Crippen molar-refractivity contribution in [3.05, 3.63) is 60.5 Å². The van der Waals surface area contributed by atoms with Crippen molar-refractivity contribution in [1.82, 2.24) is 20.6 Å². The first-order chi connectivity index (χ1) is 16.0. The number of nitrogens with one attached hydrogen (secondary N) is 6. The van der Waals surface area contributed by atoms with Crippen molar-refractivity contribution in [2.75, 3.05) is 34.4 Å². The summed E-state index contributed by atoms with van der Waals surface area (Å²) in [6.45, 7) is 4.65. The minimum absolute atomic E-state index is 0.0423. The van der Waals surface area contributed by atoms with Gasteiger partial charge in [0.05, 0.1) is 6.20 Å². The Kier molecular flexibility index (Phi) is 7.95. The maximum absolute atomic E-state index is 14.3. The normalized spacial score (nSPS) is 10.2. The van der Waals surface area contributed by atoms with Crippen molar-refractivity contribution >= 4 is 46.6 Å². The highest BCUT2D eigenvalue weighted by Gasteiger charge is 2.10. The number of halogens is 1. The van der Waals surface area contributed by atoms with Gasteiger partial charge < -0.3 is 31.9 Å². The fourth-order valence-corrected chi connectivity index (χ4v) is 2.80. The van der Waals surface area contributed by atoms with Crippen molar-refractivity contribution in [2.24, 2.45) is 0 Å². The van der Waals surface area contributed by atoms with E-state index >= 15 is 0 Å². The van der Waals surface area contributed by atoms with Crippen molar-refractivity contribution in [3.63, 3.8) is 0 Å². The van der Waals surface area contributed by atoms with Crippen LogP contribution < -0.4 is 31.9 Å². The van der Waals surface area contributed by atoms with Gasteiger partial charge in [0.25, 0.3) is 0 Å². The quantitative estimate of drug-likeness (QED) is 0.300. The van der Waals surface area contributed by atoms with Crippen LogP contribution >= 0.6 is 0 Å². The molecule has 0 aliphatic rings. The molecule has 3 rings (SSSR count). The molecule has 0 aliphatic heterocycles. The maximum Gasteiger partial charge on any atom is 0.319 e. The summed E-state index contributed by atoms with van der Waals surface area (Å²) in [5, 5.41) is 16.6. The molecule has 0 saturated carbocycles. The molecule has 0 bridgehead atoms. The number of hydrogen-bond donors (Lipinski definition) is 6. The summed E-state index contributed by atoms with van der Waals surface area (Å²) in [6.07, 6.45) is 1.05. The van der Waals surface area contributed by atoms with Crippen LogP contribution in [0, 0.1) is 5.82 Å². The van der Waals surface area contributed by atoms with E-state index in [9.17, 15) is 14.0 Å². The summed E-state index contributed by atoms with van der Waals surface area (Å²) in [6, 6.07) is 13.1. The van der Waals surface area contributed by atoms with Gasteiger partial charge in [0.2, 0.25) is 5.95 Å². The van der Waals surface area contributed by atoms with E-state index in [4.69, 9.17) is 0 Å². The molecule has 0 unspecified atom stereocenters. The fourth-order valence-electron chi connectivity index (χ4n) is 2.80. The Morgan fingerprint density at radius 3 is 1.88 bits per heavy atom. The standard InChI is InChI=1S/C22H25FN8O2/c1-3-24-21(32)29-16-9-5-7-14(11-16)27-19-18(23)13-26-20(31-19)28-15-8-6-10-17(12-15)30-22(33)25-4-2/h5-13H,3-4H2,1-2H3,(H2,24,29,32)(H2,25,30,33)(H2,26,27,28,31). The van der Waals surface area contributed by atoms with E-state index in [1.807, 2.05) is 13.8 Å². The first-order valence-electron chi connectivity index (χ1n) is 10.3. The molecule has 1 aromatic heterocycles. The first kappa shape index (κ1) is 23.3. The van der Waals surface area contributed by atoms with Crippen molar-refractivity contribution in [2.45, 2.75) is 13.8 Å². The van der Waals surface area contributed by atoms with Gasteiger partial charge in [0.1, 0.15) is 0 Å². The summed E-state index contributed by atoms with van der Waals surface area (Å²) in [5.74, 6) is -0.529. The van der Waals surface area contributed by atoms with Crippen LogP contribution in [0.5, 0.6) is 0 Å². The Balaban J connectivity index is 1.72. The second-order valence-electron chi connectivity index (χ2n) is 6.77. The highest BCUT2D eigenvalue weighted by Crippen LogP contribution is 2.23. The molecule has 0 aliphatic carbocycles. The van der Waals surface area contributed by atoms with Gasteiger partial charge in [0.15, 0.2) is 11.6 Å². The zero-order chi connectivity index (χ0) is 23.6. The number of aromatic nitrogens is 2. The van der Waals surface area contributed by atoms with Gasteiger partial charge in [-0.15, -0.1) is 0 Å². The summed E-state index contributed by atoms with van der Waals surface area (Å²) in [7, 11) is 0. The largest absolute Gasteiger partial charge is 0.338 e. The molecule has 1 heterocycles. The zero-order valence-corrected chi connectivity index (χ0v) is 18.2. The second kappa shape index (κ2) is 11.3. The molecule has 6 N–H and O–H groups in total. The lowest BCUT2D eigenvalue weighted by atomic mass is 10.2. The minimum Gasteiger partial charge on any atom is -0.338 e. The molecular formula is C22H25FN8O2. The number of nitrogens with zero attached hydrogens (tertiary/aromatic N) is 2. The third-order valence-corrected chi connectivity index (χ3v) is 4.18. The number of carbonyl (C=O) groups excluding carboxylic acids is 2. The van der Waals surface area contributed by atoms with Crippen molar-refractivity contribution in [3.8, 4) is 0 Å². The van der Waals surface area contributed by atoms with Crippen LogP contribution in [0.4, 0.5) is 48.5 Å². The van der Waals surface area contributed by atoms with E-state index in [1.165, 1.54) is 0 Å². The summed E-state index contributed by atoms with van der Waals surface area (Å²) in [5.41, 5.74) is 2.24. The van der Waals surface area contributed by atoms with E-state index in [1.54, 1.807) is 48.5 Å². The number of amides is 4. The van der Waals surface area contributed by atoms with Crippen LogP contribution in [-0.4, -0.2) is 35.1 Å². The van der Waals surface area contributed by atoms with Crippen LogP contribution in [0.25, 0.3) is 0 Å². The van der Waals surface area contributed by atoms with E-state index < -0.39 is 5.82 Å². The van der Waals surface area contributed by atoms with Crippen LogP contribution in [0.15, 0.2) is 54.7 Å². The average Bonchev–Trinajstić information content (AvgIpc) is 2.77. The molecule has 33 heavy (non-hydrogen) atoms. The summed E-state index contributed by atoms with van der Waals surface area (Å²) in [4.78, 5) is 31.6. The zero-order valence-electron chi connectivity index (χ0n) is 18.2. The maximum atomic E-state index is 14.3. The molecular weight excluding hydrogens is 427 g/mol. The van der Waals surface area contributed by atoms with Crippen LogP contribution in [0.2, 0.25) is 0 Å². The van der Waals surface area contributed by atoms with Gasteiger partial charge in [-0.05, 0) is 50.2 Å². The van der Waals surface area contributed by atoms with Crippen LogP contribution in [0.1, 0.15) is 13.8 Å². The lowest BCUT2D eigenvalue weighted by Crippen LogP contribution is -2.28. The van der Waals surface area contributed by atoms with Gasteiger partial charge in [-0.1, -0.05) is 12.1 Å². The molecule has 10 nitrogen and oxygen atoms in total. The lowest BCUT2D eigenvalue weighted by Gasteiger charge is -2.12. The van der Waals surface area contributed by atoms with E-state index in [0.717, 1.165) is 6.20 Å². The Morgan fingerprint density at radius 1 is 0.818 bits per heavy atom. The van der Waals surface area contributed by atoms with Gasteiger partial charge in [-0.3, -0.25) is 0 Å². The predicted octanol–water partition coefficient (Wildman–Crippen LogP) is 4.39. The van der Waals surface area contributed by atoms with Crippen LogP contribution in [-0.2, 0) is 0 Å². The van der Waals surface area contributed by atoms with Gasteiger partial charge >= 0.3 is 12.1 Å². The number of rotatable bonds is 8. The molecule has 0 fully saturated rings. The molecule has 4 amide bonds. The first-order valence-corrected chi connectivity index (χ1v) is 10.3. The molecule has 0 spiro atoms. The highest BCUT2D eigenvalue weighted by atomic mass is 19.1. The van der Waals surface area contributed by atoms with Crippen molar-refractivity contribution < 1.29 is 14.0 Å². The van der Waals surface area contributed by atoms with Crippen LogP contribution in [0.3, 0.4) is 0 Å². The topological polar surface area (TPSA) is 132 Å². The number of hydrogen-bond acceptors (Lipinski definition) is 6.